The molecule has 57 heavy (non-hydrogen) atoms. The molecule has 6 aromatic carbocycles. The molecular weight excluding hydrogens is 721 g/mol. The number of rotatable bonds is 8. The predicted octanol–water partition coefficient (Wildman–Crippen LogP) is 10.3. The van der Waals surface area contributed by atoms with Crippen LogP contribution in [0.5, 0.6) is 51.7 Å². The Hall–Kier alpha value is -6.48. The van der Waals surface area contributed by atoms with Crippen molar-refractivity contribution in [1.82, 2.24) is 0 Å². The van der Waals surface area contributed by atoms with Crippen LogP contribution in [0.4, 0.5) is 0 Å². The van der Waals surface area contributed by atoms with Crippen LogP contribution in [-0.4, -0.2) is 46.0 Å². The van der Waals surface area contributed by atoms with Crippen LogP contribution in [0.2, 0.25) is 0 Å². The molecule has 9 nitrogen and oxygen atoms in total. The Bertz CT molecular complexity index is 2320. The standard InChI is InChI=1S/C33H36O3.C15H16O6/c1-19-15-31(34)22(4)12-26(19)29(25-10-8-7-9-11-25)18-30(27-13-23(5)32(35)16-20(27)2)28-14-24(6)33(36)17-21(28)3;1-15(2,7-3-5-9(16)13(20)11(7)18)8-4-6-10(17)14(21)12(8)19/h7-17,29-30,34-36H,18H2,1-6H3;3-6,16-21H,1-2H3. The molecule has 1 atom stereocenters. The summed E-state index contributed by atoms with van der Waals surface area (Å²) < 4.78 is 0. The van der Waals surface area contributed by atoms with E-state index >= 15 is 0 Å². The SMILES string of the molecule is CC(C)(c1ccc(O)c(O)c1O)c1ccc(O)c(O)c1O.Cc1cc(C(CC(c2cc(C)c(O)cc2C)c2cc(C)c(O)cc2C)c2ccccc2)c(C)cc1O. The van der Waals surface area contributed by atoms with Crippen LogP contribution in [-0.2, 0) is 5.41 Å². The van der Waals surface area contributed by atoms with Gasteiger partial charge in [0.1, 0.15) is 17.2 Å². The van der Waals surface area contributed by atoms with Crippen LogP contribution >= 0.6 is 0 Å². The number of phenols is 9. The quantitative estimate of drug-likeness (QED) is 0.0680. The van der Waals surface area contributed by atoms with Crippen LogP contribution in [0.3, 0.4) is 0 Å². The molecule has 0 aliphatic heterocycles. The van der Waals surface area contributed by atoms with Crippen LogP contribution in [0.15, 0.2) is 91.0 Å². The normalized spacial score (nSPS) is 11.9. The Morgan fingerprint density at radius 1 is 0.386 bits per heavy atom. The van der Waals surface area contributed by atoms with E-state index in [-0.39, 0.29) is 23.0 Å². The lowest BCUT2D eigenvalue weighted by Gasteiger charge is -2.29. The molecule has 0 radical (unpaired) electrons. The molecule has 0 spiro atoms. The first-order valence-electron chi connectivity index (χ1n) is 18.7. The van der Waals surface area contributed by atoms with Gasteiger partial charge in [0.25, 0.3) is 0 Å². The molecule has 0 saturated heterocycles. The highest BCUT2D eigenvalue weighted by molar-refractivity contribution is 5.62. The van der Waals surface area contributed by atoms with Gasteiger partial charge < -0.3 is 46.0 Å². The van der Waals surface area contributed by atoms with Crippen LogP contribution in [0, 0.1) is 41.5 Å². The van der Waals surface area contributed by atoms with E-state index in [9.17, 15) is 46.0 Å². The minimum absolute atomic E-state index is 0.0299. The van der Waals surface area contributed by atoms with E-state index in [1.54, 1.807) is 13.8 Å². The zero-order valence-electron chi connectivity index (χ0n) is 33.5. The molecular formula is C48H52O9. The van der Waals surface area contributed by atoms with Crippen LogP contribution < -0.4 is 0 Å². The minimum atomic E-state index is -1.01. The lowest BCUT2D eigenvalue weighted by molar-refractivity contribution is 0.352. The maximum absolute atomic E-state index is 10.4. The van der Waals surface area contributed by atoms with Gasteiger partial charge in [-0.3, -0.25) is 0 Å². The third-order valence-electron chi connectivity index (χ3n) is 11.2. The van der Waals surface area contributed by atoms with Crippen molar-refractivity contribution < 1.29 is 46.0 Å². The maximum atomic E-state index is 10.4. The molecule has 9 heteroatoms. The number of hydrogen-bond acceptors (Lipinski definition) is 9. The lowest BCUT2D eigenvalue weighted by Crippen LogP contribution is -2.19. The lowest BCUT2D eigenvalue weighted by atomic mass is 9.74. The van der Waals surface area contributed by atoms with Gasteiger partial charge in [0.05, 0.1) is 0 Å². The molecule has 0 amide bonds. The maximum Gasteiger partial charge on any atom is 0.200 e. The van der Waals surface area contributed by atoms with Crippen molar-refractivity contribution in [3.05, 3.63) is 158 Å². The fourth-order valence-corrected chi connectivity index (χ4v) is 7.67. The fourth-order valence-electron chi connectivity index (χ4n) is 7.67. The van der Waals surface area contributed by atoms with Gasteiger partial charge in [0.2, 0.25) is 11.5 Å². The van der Waals surface area contributed by atoms with E-state index in [2.05, 4.69) is 63.2 Å². The molecule has 0 aliphatic carbocycles. The first-order chi connectivity index (χ1) is 26.7. The molecule has 6 aromatic rings. The summed E-state index contributed by atoms with van der Waals surface area (Å²) in [6.45, 7) is 15.3. The second kappa shape index (κ2) is 16.3. The molecule has 0 fully saturated rings. The van der Waals surface area contributed by atoms with Crippen LogP contribution in [0.1, 0.15) is 98.9 Å². The zero-order valence-corrected chi connectivity index (χ0v) is 33.5. The van der Waals surface area contributed by atoms with Gasteiger partial charge >= 0.3 is 0 Å². The van der Waals surface area contributed by atoms with Crippen molar-refractivity contribution in [1.29, 1.82) is 0 Å². The van der Waals surface area contributed by atoms with E-state index in [1.807, 2.05) is 45.0 Å². The molecule has 0 saturated carbocycles. The first-order valence-corrected chi connectivity index (χ1v) is 18.7. The first kappa shape index (κ1) is 41.7. The minimum Gasteiger partial charge on any atom is -0.508 e. The van der Waals surface area contributed by atoms with E-state index in [0.29, 0.717) is 17.2 Å². The van der Waals surface area contributed by atoms with Crippen molar-refractivity contribution in [2.24, 2.45) is 0 Å². The van der Waals surface area contributed by atoms with Crippen molar-refractivity contribution in [3.63, 3.8) is 0 Å². The van der Waals surface area contributed by atoms with Gasteiger partial charge in [-0.25, -0.2) is 0 Å². The summed E-state index contributed by atoms with van der Waals surface area (Å²) in [7, 11) is 0. The van der Waals surface area contributed by atoms with Crippen LogP contribution in [0.25, 0.3) is 0 Å². The van der Waals surface area contributed by atoms with E-state index < -0.39 is 39.9 Å². The summed E-state index contributed by atoms with van der Waals surface area (Å²) in [5, 5.41) is 89.1. The molecule has 6 rings (SSSR count). The fraction of sp³-hybridized carbons (Fsp3) is 0.250. The number of hydrogen-bond donors (Lipinski definition) is 9. The van der Waals surface area contributed by atoms with Gasteiger partial charge in [-0.15, -0.1) is 0 Å². The second-order valence-electron chi connectivity index (χ2n) is 15.5. The number of phenolic OH excluding ortho intramolecular Hbond substituents is 9. The summed E-state index contributed by atoms with van der Waals surface area (Å²) in [6.07, 6.45) is 0.797. The summed E-state index contributed by atoms with van der Waals surface area (Å²) in [5.74, 6) is -2.27. The summed E-state index contributed by atoms with van der Waals surface area (Å²) >= 11 is 0. The molecule has 0 aromatic heterocycles. The van der Waals surface area contributed by atoms with Gasteiger partial charge in [-0.1, -0.05) is 74.5 Å². The molecule has 0 heterocycles. The Morgan fingerprint density at radius 3 is 1.11 bits per heavy atom. The van der Waals surface area contributed by atoms with Crippen molar-refractivity contribution in [3.8, 4) is 51.7 Å². The van der Waals surface area contributed by atoms with E-state index in [0.717, 1.165) is 39.8 Å². The van der Waals surface area contributed by atoms with E-state index in [1.165, 1.54) is 46.5 Å². The third kappa shape index (κ3) is 8.38. The highest BCUT2D eigenvalue weighted by atomic mass is 16.3. The Balaban J connectivity index is 0.000000251. The van der Waals surface area contributed by atoms with Gasteiger partial charge in [0.15, 0.2) is 23.0 Å². The molecule has 0 bridgehead atoms. The molecule has 9 N–H and O–H groups in total. The van der Waals surface area contributed by atoms with Gasteiger partial charge in [-0.2, -0.15) is 0 Å². The Morgan fingerprint density at radius 2 is 0.737 bits per heavy atom. The van der Waals surface area contributed by atoms with Crippen molar-refractivity contribution in [2.45, 2.75) is 79.1 Å². The second-order valence-corrected chi connectivity index (χ2v) is 15.5. The Kier molecular flexibility index (Phi) is 11.9. The summed E-state index contributed by atoms with van der Waals surface area (Å²) in [6, 6.07) is 27.6. The highest BCUT2D eigenvalue weighted by Crippen LogP contribution is 2.50. The number of aryl methyl sites for hydroxylation is 6. The molecule has 0 aliphatic rings. The van der Waals surface area contributed by atoms with Crippen molar-refractivity contribution >= 4 is 0 Å². The average molecular weight is 773 g/mol. The third-order valence-corrected chi connectivity index (χ3v) is 11.2. The van der Waals surface area contributed by atoms with Gasteiger partial charge in [0, 0.05) is 28.4 Å². The molecule has 298 valence electrons. The average Bonchev–Trinajstić information content (AvgIpc) is 3.15. The highest BCUT2D eigenvalue weighted by Gasteiger charge is 2.33. The summed E-state index contributed by atoms with van der Waals surface area (Å²) in [4.78, 5) is 0. The topological polar surface area (TPSA) is 182 Å². The van der Waals surface area contributed by atoms with E-state index in [4.69, 9.17) is 0 Å². The molecule has 1 unspecified atom stereocenters. The predicted molar refractivity (Wildman–Crippen MR) is 222 cm³/mol. The smallest absolute Gasteiger partial charge is 0.200 e. The Labute approximate surface area is 333 Å². The summed E-state index contributed by atoms with van der Waals surface area (Å²) in [5.41, 5.74) is 9.92. The largest absolute Gasteiger partial charge is 0.508 e. The zero-order chi connectivity index (χ0) is 42.1. The number of aromatic hydroxyl groups is 9. The monoisotopic (exact) mass is 772 g/mol. The number of benzene rings is 6. The van der Waals surface area contributed by atoms with Crippen molar-refractivity contribution in [2.75, 3.05) is 0 Å². The van der Waals surface area contributed by atoms with Gasteiger partial charge in [-0.05, 0) is 134 Å².